The summed E-state index contributed by atoms with van der Waals surface area (Å²) in [6.07, 6.45) is 1.34. The number of rotatable bonds is 11. The van der Waals surface area contributed by atoms with Crippen molar-refractivity contribution < 1.29 is 29.0 Å². The Labute approximate surface area is 231 Å². The molecular formula is C30H41N3O6. The topological polar surface area (TPSA) is 117 Å². The van der Waals surface area contributed by atoms with Crippen molar-refractivity contribution in [2.75, 3.05) is 19.0 Å². The fraction of sp³-hybridized carbons (Fsp3) is 0.433. The fourth-order valence-electron chi connectivity index (χ4n) is 4.00. The molecule has 9 nitrogen and oxygen atoms in total. The van der Waals surface area contributed by atoms with Gasteiger partial charge in [0.15, 0.2) is 0 Å². The molecule has 0 aliphatic rings. The van der Waals surface area contributed by atoms with Crippen molar-refractivity contribution in [1.29, 1.82) is 0 Å². The zero-order chi connectivity index (χ0) is 29.3. The third-order valence-corrected chi connectivity index (χ3v) is 6.24. The van der Waals surface area contributed by atoms with E-state index in [4.69, 9.17) is 9.47 Å². The van der Waals surface area contributed by atoms with Crippen LogP contribution in [0.15, 0.2) is 55.1 Å². The Morgan fingerprint density at radius 2 is 1.77 bits per heavy atom. The van der Waals surface area contributed by atoms with Gasteiger partial charge in [-0.25, -0.2) is 4.79 Å². The quantitative estimate of drug-likeness (QED) is 0.332. The van der Waals surface area contributed by atoms with Crippen molar-refractivity contribution in [2.24, 2.45) is 5.92 Å². The number of alkyl carbamates (subject to hydrolysis) is 1. The van der Waals surface area contributed by atoms with Gasteiger partial charge in [0.2, 0.25) is 5.91 Å². The summed E-state index contributed by atoms with van der Waals surface area (Å²) in [5.41, 5.74) is 0.513. The van der Waals surface area contributed by atoms with Gasteiger partial charge in [0.1, 0.15) is 29.2 Å². The number of hydrogen-bond donors (Lipinski definition) is 3. The lowest BCUT2D eigenvalue weighted by Crippen LogP contribution is -2.54. The van der Waals surface area contributed by atoms with E-state index in [1.54, 1.807) is 77.3 Å². The summed E-state index contributed by atoms with van der Waals surface area (Å²) in [4.78, 5) is 41.9. The summed E-state index contributed by atoms with van der Waals surface area (Å²) in [5.74, 6) is -0.820. The lowest BCUT2D eigenvalue weighted by atomic mass is 9.95. The number of carbonyl (C=O) groups is 3. The molecule has 0 aliphatic carbocycles. The Morgan fingerprint density at radius 1 is 1.13 bits per heavy atom. The van der Waals surface area contributed by atoms with Crippen LogP contribution in [0.1, 0.15) is 58.2 Å². The first kappa shape index (κ1) is 31.2. The molecule has 0 fully saturated rings. The average molecular weight is 540 g/mol. The molecule has 2 aromatic rings. The minimum Gasteiger partial charge on any atom is -0.507 e. The maximum Gasteiger partial charge on any atom is 0.408 e. The highest BCUT2D eigenvalue weighted by Gasteiger charge is 2.38. The Hall–Kier alpha value is -4.01. The monoisotopic (exact) mass is 539 g/mol. The zero-order valence-corrected chi connectivity index (χ0v) is 23.9. The number of nitrogens with one attached hydrogen (secondary N) is 2. The molecule has 212 valence electrons. The van der Waals surface area contributed by atoms with Gasteiger partial charge in [-0.05, 0) is 63.4 Å². The van der Waals surface area contributed by atoms with Gasteiger partial charge in [0.25, 0.3) is 5.91 Å². The van der Waals surface area contributed by atoms with Gasteiger partial charge in [-0.3, -0.25) is 9.59 Å². The molecule has 0 heterocycles. The third kappa shape index (κ3) is 8.49. The summed E-state index contributed by atoms with van der Waals surface area (Å²) < 4.78 is 10.6. The number of nitrogens with zero attached hydrogens (tertiary/aromatic N) is 1. The normalized spacial score (nSPS) is 13.4. The summed E-state index contributed by atoms with van der Waals surface area (Å²) in [6.45, 7) is 14.4. The standard InChI is InChI=1S/C30H41N3O6/c1-9-18-33(28(36)24(19(3)10-2)32-29(37)39-30(5,6)7)25(23-13-11-12-20(4)26(23)34)27(35)31-21-14-16-22(38-8)17-15-21/h9,11-17,19,24-25,34H,1,10,18H2,2-8H3,(H,31,35)(H,32,37). The summed E-state index contributed by atoms with van der Waals surface area (Å²) in [5, 5.41) is 16.5. The van der Waals surface area contributed by atoms with E-state index >= 15 is 0 Å². The van der Waals surface area contributed by atoms with Crippen molar-refractivity contribution >= 4 is 23.6 Å². The van der Waals surface area contributed by atoms with Crippen LogP contribution in [0.25, 0.3) is 0 Å². The number of ether oxygens (including phenoxy) is 2. The molecule has 0 saturated carbocycles. The number of para-hydroxylation sites is 1. The van der Waals surface area contributed by atoms with Crippen molar-refractivity contribution in [2.45, 2.75) is 65.6 Å². The van der Waals surface area contributed by atoms with Gasteiger partial charge in [-0.2, -0.15) is 0 Å². The van der Waals surface area contributed by atoms with E-state index in [2.05, 4.69) is 17.2 Å². The molecule has 3 unspecified atom stereocenters. The molecule has 0 aromatic heterocycles. The van der Waals surface area contributed by atoms with Gasteiger partial charge in [-0.15, -0.1) is 6.58 Å². The molecule has 0 radical (unpaired) electrons. The van der Waals surface area contributed by atoms with Crippen LogP contribution in [-0.4, -0.2) is 53.2 Å². The summed E-state index contributed by atoms with van der Waals surface area (Å²) in [6, 6.07) is 9.55. The van der Waals surface area contributed by atoms with Gasteiger partial charge in [-0.1, -0.05) is 44.5 Å². The molecule has 0 saturated heterocycles. The number of phenols is 1. The van der Waals surface area contributed by atoms with Crippen molar-refractivity contribution in [3.63, 3.8) is 0 Å². The Morgan fingerprint density at radius 3 is 2.31 bits per heavy atom. The molecule has 0 spiro atoms. The van der Waals surface area contributed by atoms with E-state index in [9.17, 15) is 19.5 Å². The van der Waals surface area contributed by atoms with Crippen LogP contribution in [0.5, 0.6) is 11.5 Å². The van der Waals surface area contributed by atoms with E-state index in [0.717, 1.165) is 0 Å². The number of anilines is 1. The summed E-state index contributed by atoms with van der Waals surface area (Å²) in [7, 11) is 1.54. The molecule has 3 atom stereocenters. The van der Waals surface area contributed by atoms with E-state index in [0.29, 0.717) is 23.4 Å². The van der Waals surface area contributed by atoms with E-state index in [-0.39, 0.29) is 23.8 Å². The van der Waals surface area contributed by atoms with Gasteiger partial charge in [0, 0.05) is 17.8 Å². The van der Waals surface area contributed by atoms with Crippen molar-refractivity contribution in [1.82, 2.24) is 10.2 Å². The van der Waals surface area contributed by atoms with Gasteiger partial charge < -0.3 is 30.1 Å². The maximum atomic E-state index is 14.1. The minimum atomic E-state index is -1.23. The highest BCUT2D eigenvalue weighted by Crippen LogP contribution is 2.33. The van der Waals surface area contributed by atoms with E-state index < -0.39 is 35.6 Å². The Kier molecular flexibility index (Phi) is 11.0. The molecule has 2 rings (SSSR count). The van der Waals surface area contributed by atoms with E-state index in [1.807, 2.05) is 13.8 Å². The number of benzene rings is 2. The molecule has 0 bridgehead atoms. The molecule has 3 amide bonds. The second kappa shape index (κ2) is 13.7. The van der Waals surface area contributed by atoms with Crippen molar-refractivity contribution in [3.8, 4) is 11.5 Å². The van der Waals surface area contributed by atoms with Crippen LogP contribution in [-0.2, 0) is 14.3 Å². The molecular weight excluding hydrogens is 498 g/mol. The highest BCUT2D eigenvalue weighted by atomic mass is 16.6. The van der Waals surface area contributed by atoms with Crippen LogP contribution in [0.4, 0.5) is 10.5 Å². The van der Waals surface area contributed by atoms with Crippen LogP contribution >= 0.6 is 0 Å². The molecule has 3 N–H and O–H groups in total. The van der Waals surface area contributed by atoms with Crippen LogP contribution in [0.3, 0.4) is 0 Å². The second-order valence-corrected chi connectivity index (χ2v) is 10.4. The largest absolute Gasteiger partial charge is 0.507 e. The minimum absolute atomic E-state index is 0.0180. The fourth-order valence-corrected chi connectivity index (χ4v) is 4.00. The van der Waals surface area contributed by atoms with Gasteiger partial charge in [0.05, 0.1) is 7.11 Å². The number of amides is 3. The molecule has 2 aromatic carbocycles. The maximum absolute atomic E-state index is 14.1. The van der Waals surface area contributed by atoms with Crippen LogP contribution < -0.4 is 15.4 Å². The van der Waals surface area contributed by atoms with Crippen LogP contribution in [0, 0.1) is 12.8 Å². The number of aryl methyl sites for hydroxylation is 1. The number of phenolic OH excluding ortho intramolecular Hbond substituents is 1. The molecule has 39 heavy (non-hydrogen) atoms. The Balaban J connectivity index is 2.57. The lowest BCUT2D eigenvalue weighted by molar-refractivity contribution is -0.141. The lowest BCUT2D eigenvalue weighted by Gasteiger charge is -2.35. The molecule has 0 aliphatic heterocycles. The molecule has 9 heteroatoms. The number of aromatic hydroxyl groups is 1. The van der Waals surface area contributed by atoms with E-state index in [1.165, 1.54) is 11.0 Å². The smallest absolute Gasteiger partial charge is 0.408 e. The number of hydrogen-bond acceptors (Lipinski definition) is 6. The van der Waals surface area contributed by atoms with Crippen molar-refractivity contribution in [3.05, 3.63) is 66.2 Å². The first-order valence-corrected chi connectivity index (χ1v) is 13.0. The summed E-state index contributed by atoms with van der Waals surface area (Å²) >= 11 is 0. The predicted molar refractivity (Wildman–Crippen MR) is 152 cm³/mol. The Bertz CT molecular complexity index is 1160. The van der Waals surface area contributed by atoms with Crippen LogP contribution in [0.2, 0.25) is 0 Å². The number of methoxy groups -OCH3 is 1. The second-order valence-electron chi connectivity index (χ2n) is 10.4. The average Bonchev–Trinajstić information content (AvgIpc) is 2.88. The first-order valence-electron chi connectivity index (χ1n) is 13.0. The SMILES string of the molecule is C=CCN(C(=O)C(NC(=O)OC(C)(C)C)C(C)CC)C(C(=O)Nc1ccc(OC)cc1)c1cccc(C)c1O. The third-order valence-electron chi connectivity index (χ3n) is 6.24. The van der Waals surface area contributed by atoms with Gasteiger partial charge >= 0.3 is 6.09 Å². The highest BCUT2D eigenvalue weighted by molar-refractivity contribution is 5.99. The predicted octanol–water partition coefficient (Wildman–Crippen LogP) is 5.34. The first-order chi connectivity index (χ1) is 18.3. The zero-order valence-electron chi connectivity index (χ0n) is 23.9. The number of carbonyl (C=O) groups excluding carboxylic acids is 3.